The molecular weight excluding hydrogens is 451 g/mol. The summed E-state index contributed by atoms with van der Waals surface area (Å²) >= 11 is 0. The molecule has 1 aliphatic heterocycles. The van der Waals surface area contributed by atoms with Crippen molar-refractivity contribution in [2.75, 3.05) is 23.3 Å². The predicted molar refractivity (Wildman–Crippen MR) is 128 cm³/mol. The van der Waals surface area contributed by atoms with Crippen molar-refractivity contribution in [1.82, 2.24) is 9.97 Å². The van der Waals surface area contributed by atoms with Crippen LogP contribution in [0.1, 0.15) is 44.9 Å². The molecule has 0 bridgehead atoms. The van der Waals surface area contributed by atoms with Gasteiger partial charge in [0.2, 0.25) is 0 Å². The summed E-state index contributed by atoms with van der Waals surface area (Å²) in [5.41, 5.74) is -0.371. The Labute approximate surface area is 201 Å². The van der Waals surface area contributed by atoms with Crippen LogP contribution in [-0.4, -0.2) is 40.9 Å². The first-order valence-corrected chi connectivity index (χ1v) is 11.0. The zero-order valence-corrected chi connectivity index (χ0v) is 19.6. The first kappa shape index (κ1) is 24.4. The third-order valence-corrected chi connectivity index (χ3v) is 6.58. The third kappa shape index (κ3) is 5.38. The fourth-order valence-corrected chi connectivity index (χ4v) is 4.47. The van der Waals surface area contributed by atoms with Crippen molar-refractivity contribution in [1.29, 1.82) is 0 Å². The van der Waals surface area contributed by atoms with E-state index in [0.29, 0.717) is 24.4 Å². The molecule has 2 saturated carbocycles. The summed E-state index contributed by atoms with van der Waals surface area (Å²) in [7, 11) is 0. The number of pyridine rings is 2. The molecule has 0 unspecified atom stereocenters. The Morgan fingerprint density at radius 1 is 1.09 bits per heavy atom. The van der Waals surface area contributed by atoms with Gasteiger partial charge in [-0.05, 0) is 75.1 Å². The molecule has 3 aliphatic rings. The van der Waals surface area contributed by atoms with Crippen molar-refractivity contribution < 1.29 is 14.3 Å². The van der Waals surface area contributed by atoms with Crippen molar-refractivity contribution in [3.8, 4) is 5.75 Å². The topological polar surface area (TPSA) is 76.6 Å². The smallest absolute Gasteiger partial charge is 0.416 e. The normalized spacial score (nSPS) is 24.7. The van der Waals surface area contributed by atoms with Crippen molar-refractivity contribution in [3.63, 3.8) is 0 Å². The van der Waals surface area contributed by atoms with E-state index in [4.69, 9.17) is 9.47 Å². The lowest BCUT2D eigenvalue weighted by molar-refractivity contribution is 0.0148. The van der Waals surface area contributed by atoms with Crippen LogP contribution in [-0.2, 0) is 4.74 Å². The molecule has 1 spiro atoms. The molecule has 1 amide bonds. The minimum Gasteiger partial charge on any atom is -0.489 e. The number of carbonyl (C=O) groups is 1. The van der Waals surface area contributed by atoms with E-state index in [2.05, 4.69) is 15.3 Å². The molecule has 1 N–H and O–H groups in total. The van der Waals surface area contributed by atoms with Crippen LogP contribution in [0.2, 0.25) is 0 Å². The second-order valence-electron chi connectivity index (χ2n) is 8.70. The van der Waals surface area contributed by atoms with Gasteiger partial charge in [0.25, 0.3) is 0 Å². The van der Waals surface area contributed by atoms with E-state index < -0.39 is 0 Å². The van der Waals surface area contributed by atoms with Gasteiger partial charge in [-0.25, -0.2) is 14.8 Å². The number of hydrogen-bond acceptors (Lipinski definition) is 6. The van der Waals surface area contributed by atoms with Crippen LogP contribution in [0, 0.1) is 5.92 Å². The Bertz CT molecular complexity index is 873. The zero-order chi connectivity index (χ0) is 20.4. The summed E-state index contributed by atoms with van der Waals surface area (Å²) < 4.78 is 11.7. The number of halogens is 2. The molecule has 0 atom stereocenters. The number of nitrogens with one attached hydrogen (secondary N) is 1. The van der Waals surface area contributed by atoms with Gasteiger partial charge in [0, 0.05) is 12.7 Å². The van der Waals surface area contributed by atoms with Gasteiger partial charge in [0.05, 0.1) is 18.8 Å². The standard InChI is InChI=1S/C23H28N4O3.2ClH/c28-22-27(21-6-1-2-13-24-21)16-23(30-22)11-9-17(10-12-23)14-25-20-8-7-19(15-26-20)29-18-4-3-5-18;;/h1-2,6-8,13,15,17-18H,3-5,9-12,14,16H2,(H,25,26);2*1H/t17-,23-;;. The maximum Gasteiger partial charge on any atom is 0.416 e. The van der Waals surface area contributed by atoms with E-state index in [1.807, 2.05) is 30.3 Å². The Kier molecular flexibility index (Phi) is 8.06. The number of hydrogen-bond donors (Lipinski definition) is 1. The maximum absolute atomic E-state index is 12.4. The van der Waals surface area contributed by atoms with Crippen LogP contribution in [0.25, 0.3) is 0 Å². The summed E-state index contributed by atoms with van der Waals surface area (Å²) in [4.78, 5) is 22.8. The van der Waals surface area contributed by atoms with Gasteiger partial charge in [-0.15, -0.1) is 24.8 Å². The van der Waals surface area contributed by atoms with Crippen LogP contribution < -0.4 is 15.0 Å². The molecule has 3 heterocycles. The molecule has 1 saturated heterocycles. The van der Waals surface area contributed by atoms with Crippen LogP contribution in [0.4, 0.5) is 16.4 Å². The van der Waals surface area contributed by atoms with Crippen LogP contribution in [0.3, 0.4) is 0 Å². The number of amides is 1. The number of aromatic nitrogens is 2. The van der Waals surface area contributed by atoms with Crippen molar-refractivity contribution in [2.24, 2.45) is 5.92 Å². The van der Waals surface area contributed by atoms with Gasteiger partial charge in [-0.1, -0.05) is 6.07 Å². The van der Waals surface area contributed by atoms with Crippen LogP contribution in [0.5, 0.6) is 5.75 Å². The minimum atomic E-state index is -0.371. The maximum atomic E-state index is 12.4. The molecule has 174 valence electrons. The Morgan fingerprint density at radius 3 is 2.53 bits per heavy atom. The average molecular weight is 481 g/mol. The summed E-state index contributed by atoms with van der Waals surface area (Å²) in [6, 6.07) is 9.58. The van der Waals surface area contributed by atoms with Gasteiger partial charge in [-0.3, -0.25) is 4.90 Å². The van der Waals surface area contributed by atoms with Gasteiger partial charge < -0.3 is 14.8 Å². The minimum absolute atomic E-state index is 0. The highest BCUT2D eigenvalue weighted by atomic mass is 35.5. The molecule has 0 radical (unpaired) electrons. The number of anilines is 2. The largest absolute Gasteiger partial charge is 0.489 e. The molecule has 2 aromatic heterocycles. The predicted octanol–water partition coefficient (Wildman–Crippen LogP) is 5.25. The van der Waals surface area contributed by atoms with Gasteiger partial charge in [0.1, 0.15) is 23.0 Å². The molecule has 5 rings (SSSR count). The second-order valence-corrected chi connectivity index (χ2v) is 8.70. The zero-order valence-electron chi connectivity index (χ0n) is 17.9. The second kappa shape index (κ2) is 10.6. The Morgan fingerprint density at radius 2 is 1.91 bits per heavy atom. The molecule has 32 heavy (non-hydrogen) atoms. The van der Waals surface area contributed by atoms with Crippen LogP contribution in [0.15, 0.2) is 42.7 Å². The molecule has 2 aliphatic carbocycles. The molecule has 7 nitrogen and oxygen atoms in total. The lowest BCUT2D eigenvalue weighted by atomic mass is 9.78. The summed E-state index contributed by atoms with van der Waals surface area (Å²) in [5, 5.41) is 3.45. The van der Waals surface area contributed by atoms with Crippen LogP contribution >= 0.6 is 24.8 Å². The lowest BCUT2D eigenvalue weighted by Crippen LogP contribution is -2.39. The Balaban J connectivity index is 0.00000144. The molecule has 0 aromatic carbocycles. The fourth-order valence-electron chi connectivity index (χ4n) is 4.47. The highest BCUT2D eigenvalue weighted by Gasteiger charge is 2.47. The van der Waals surface area contributed by atoms with Crippen molar-refractivity contribution in [2.45, 2.75) is 56.7 Å². The number of rotatable bonds is 6. The van der Waals surface area contributed by atoms with E-state index in [9.17, 15) is 4.79 Å². The third-order valence-electron chi connectivity index (χ3n) is 6.58. The first-order valence-electron chi connectivity index (χ1n) is 11.0. The van der Waals surface area contributed by atoms with E-state index in [1.54, 1.807) is 17.3 Å². The molecule has 3 fully saturated rings. The average Bonchev–Trinajstić information content (AvgIpc) is 3.08. The molecule has 9 heteroatoms. The molecule has 2 aromatic rings. The lowest BCUT2D eigenvalue weighted by Gasteiger charge is -2.35. The fraction of sp³-hybridized carbons (Fsp3) is 0.522. The van der Waals surface area contributed by atoms with E-state index in [-0.39, 0.29) is 36.5 Å². The Hall–Kier alpha value is -2.25. The SMILES string of the molecule is Cl.Cl.O=C1O[C@]2(CC[C@H](CNc3ccc(OC4CCC4)cn3)CC2)CN1c1ccccn1. The highest BCUT2D eigenvalue weighted by molar-refractivity contribution is 5.89. The first-order chi connectivity index (χ1) is 14.7. The van der Waals surface area contributed by atoms with E-state index in [0.717, 1.165) is 56.6 Å². The van der Waals surface area contributed by atoms with Gasteiger partial charge in [0.15, 0.2) is 0 Å². The number of nitrogens with zero attached hydrogens (tertiary/aromatic N) is 3. The molecular formula is C23H30Cl2N4O3. The summed E-state index contributed by atoms with van der Waals surface area (Å²) in [6.45, 7) is 1.47. The summed E-state index contributed by atoms with van der Waals surface area (Å²) in [5.74, 6) is 2.94. The number of ether oxygens (including phenoxy) is 2. The number of carbonyl (C=O) groups excluding carboxylic acids is 1. The van der Waals surface area contributed by atoms with E-state index >= 15 is 0 Å². The quantitative estimate of drug-likeness (QED) is 0.608. The summed E-state index contributed by atoms with van der Waals surface area (Å²) in [6.07, 6.45) is 11.0. The van der Waals surface area contributed by atoms with Crippen molar-refractivity contribution in [3.05, 3.63) is 42.7 Å². The van der Waals surface area contributed by atoms with Crippen molar-refractivity contribution >= 4 is 42.5 Å². The van der Waals surface area contributed by atoms with Gasteiger partial charge in [-0.2, -0.15) is 0 Å². The monoisotopic (exact) mass is 480 g/mol. The van der Waals surface area contributed by atoms with E-state index in [1.165, 1.54) is 6.42 Å². The van der Waals surface area contributed by atoms with Gasteiger partial charge >= 0.3 is 6.09 Å². The highest BCUT2D eigenvalue weighted by Crippen LogP contribution is 2.40.